The Morgan fingerprint density at radius 2 is 1.59 bits per heavy atom. The summed E-state index contributed by atoms with van der Waals surface area (Å²) in [6.07, 6.45) is 0. The van der Waals surface area contributed by atoms with Gasteiger partial charge in [-0.15, -0.1) is 0 Å². The first-order valence-corrected chi connectivity index (χ1v) is 12.9. The number of hydrogen-bond acceptors (Lipinski definition) is 6. The molecule has 0 bridgehead atoms. The summed E-state index contributed by atoms with van der Waals surface area (Å²) in [7, 11) is -8.48. The lowest BCUT2D eigenvalue weighted by Crippen LogP contribution is -2.51. The van der Waals surface area contributed by atoms with Gasteiger partial charge in [-0.25, -0.2) is 27.0 Å². The summed E-state index contributed by atoms with van der Waals surface area (Å²) < 4.78 is 54.8. The van der Waals surface area contributed by atoms with Crippen LogP contribution in [0.1, 0.15) is 26.3 Å². The van der Waals surface area contributed by atoms with Gasteiger partial charge in [0.05, 0.1) is 9.92 Å². The first kappa shape index (κ1) is 26.5. The zero-order valence-electron chi connectivity index (χ0n) is 17.4. The molecule has 0 radical (unpaired) electrons. The van der Waals surface area contributed by atoms with Crippen LogP contribution in [0.5, 0.6) is 0 Å². The minimum atomic E-state index is -4.40. The molecule has 0 heterocycles. The van der Waals surface area contributed by atoms with E-state index in [1.165, 1.54) is 29.7 Å². The van der Waals surface area contributed by atoms with Gasteiger partial charge in [0, 0.05) is 11.6 Å². The fourth-order valence-electron chi connectivity index (χ4n) is 2.61. The predicted octanol–water partition coefficient (Wildman–Crippen LogP) is 2.42. The van der Waals surface area contributed by atoms with Gasteiger partial charge >= 0.3 is 0 Å². The van der Waals surface area contributed by atoms with E-state index < -0.39 is 43.4 Å². The number of rotatable bonds is 8. The molecule has 13 heteroatoms. The van der Waals surface area contributed by atoms with Gasteiger partial charge in [0.25, 0.3) is 5.91 Å². The third kappa shape index (κ3) is 6.64. The van der Waals surface area contributed by atoms with Gasteiger partial charge in [0.1, 0.15) is 10.9 Å². The average Bonchev–Trinajstić information content (AvgIpc) is 2.71. The summed E-state index contributed by atoms with van der Waals surface area (Å²) in [5.74, 6) is -1.18. The highest BCUT2D eigenvalue weighted by molar-refractivity contribution is 7.90. The molecule has 2 rings (SSSR count). The van der Waals surface area contributed by atoms with E-state index in [1.54, 1.807) is 12.1 Å². The summed E-state index contributed by atoms with van der Waals surface area (Å²) >= 11 is 11.7. The maximum atomic E-state index is 12.7. The van der Waals surface area contributed by atoms with Crippen LogP contribution in [0.4, 0.5) is 0 Å². The number of hydrogen-bond donors (Lipinski definition) is 4. The third-order valence-electron chi connectivity index (χ3n) is 4.41. The van der Waals surface area contributed by atoms with Crippen molar-refractivity contribution in [2.24, 2.45) is 0 Å². The normalized spacial score (nSPS) is 13.6. The molecule has 4 N–H and O–H groups in total. The quantitative estimate of drug-likeness (QED) is 0.309. The summed E-state index contributed by atoms with van der Waals surface area (Å²) in [5, 5.41) is 8.88. The minimum Gasteiger partial charge on any atom is -0.289 e. The van der Waals surface area contributed by atoms with Gasteiger partial charge in [-0.05, 0) is 41.3 Å². The van der Waals surface area contributed by atoms with E-state index in [4.69, 9.17) is 28.4 Å². The molecule has 0 aliphatic rings. The molecule has 0 fully saturated rings. The maximum Gasteiger partial charge on any atom is 0.262 e. The molecular formula is C19H23Cl2N3O6S2. The van der Waals surface area contributed by atoms with Crippen molar-refractivity contribution in [2.75, 3.05) is 6.54 Å². The second-order valence-corrected chi connectivity index (χ2v) is 12.1. The van der Waals surface area contributed by atoms with Crippen molar-refractivity contribution in [3.05, 3.63) is 58.1 Å². The van der Waals surface area contributed by atoms with Gasteiger partial charge in [0.15, 0.2) is 0 Å². The Kier molecular flexibility index (Phi) is 8.32. The lowest BCUT2D eigenvalue weighted by Gasteiger charge is -2.20. The van der Waals surface area contributed by atoms with Crippen LogP contribution in [0.3, 0.4) is 0 Å². The van der Waals surface area contributed by atoms with Crippen molar-refractivity contribution in [3.63, 3.8) is 0 Å². The van der Waals surface area contributed by atoms with Gasteiger partial charge < -0.3 is 0 Å². The molecule has 0 aliphatic carbocycles. The van der Waals surface area contributed by atoms with Crippen LogP contribution in [0.25, 0.3) is 0 Å². The van der Waals surface area contributed by atoms with E-state index in [0.717, 1.165) is 11.6 Å². The minimum absolute atomic E-state index is 0.0746. The Labute approximate surface area is 197 Å². The first-order valence-electron chi connectivity index (χ1n) is 9.19. The molecule has 0 saturated heterocycles. The number of halogens is 2. The third-order valence-corrected chi connectivity index (χ3v) is 8.04. The number of amides is 1. The highest BCUT2D eigenvalue weighted by Gasteiger charge is 2.29. The zero-order chi connectivity index (χ0) is 24.3. The van der Waals surface area contributed by atoms with Crippen LogP contribution in [0, 0.1) is 0 Å². The summed E-state index contributed by atoms with van der Waals surface area (Å²) in [4.78, 5) is 11.5. The van der Waals surface area contributed by atoms with Crippen LogP contribution in [-0.4, -0.2) is 40.5 Å². The predicted molar refractivity (Wildman–Crippen MR) is 121 cm³/mol. The molecular weight excluding hydrogens is 501 g/mol. The Hall–Kier alpha value is -1.73. The van der Waals surface area contributed by atoms with Crippen molar-refractivity contribution in [1.29, 1.82) is 0 Å². The first-order chi connectivity index (χ1) is 14.7. The molecule has 1 atom stereocenters. The smallest absolute Gasteiger partial charge is 0.262 e. The van der Waals surface area contributed by atoms with Crippen LogP contribution in [-0.2, 0) is 30.3 Å². The number of carbonyl (C=O) groups excluding carboxylic acids is 1. The van der Waals surface area contributed by atoms with Crippen molar-refractivity contribution < 1.29 is 26.8 Å². The highest BCUT2D eigenvalue weighted by atomic mass is 35.5. The van der Waals surface area contributed by atoms with Crippen molar-refractivity contribution in [3.8, 4) is 0 Å². The van der Waals surface area contributed by atoms with Gasteiger partial charge in [-0.2, -0.15) is 4.72 Å². The second kappa shape index (κ2) is 10.0. The summed E-state index contributed by atoms with van der Waals surface area (Å²) in [5.41, 5.74) is 2.04. The second-order valence-electron chi connectivity index (χ2n) is 7.85. The average molecular weight is 524 g/mol. The largest absolute Gasteiger partial charge is 0.289 e. The fraction of sp³-hybridized carbons (Fsp3) is 0.316. The molecule has 32 heavy (non-hydrogen) atoms. The number of sulfonamides is 2. The van der Waals surface area contributed by atoms with Crippen molar-refractivity contribution in [2.45, 2.75) is 42.0 Å². The number of benzene rings is 2. The SMILES string of the molecule is CC(C)(C)c1ccc(S(=O)(=O)NCC(NS(=O)(=O)c2cc(Cl)ccc2Cl)C(=O)NO)cc1. The maximum absolute atomic E-state index is 12.7. The lowest BCUT2D eigenvalue weighted by atomic mass is 9.87. The number of carbonyl (C=O) groups is 1. The Bertz CT molecular complexity index is 1190. The van der Waals surface area contributed by atoms with Crippen molar-refractivity contribution in [1.82, 2.24) is 14.9 Å². The molecule has 2 aromatic carbocycles. The van der Waals surface area contributed by atoms with Crippen LogP contribution in [0.15, 0.2) is 52.3 Å². The Morgan fingerprint density at radius 1 is 1.00 bits per heavy atom. The Balaban J connectivity index is 2.24. The molecule has 0 spiro atoms. The zero-order valence-corrected chi connectivity index (χ0v) is 20.5. The lowest BCUT2D eigenvalue weighted by molar-refractivity contribution is -0.130. The molecule has 0 aromatic heterocycles. The van der Waals surface area contributed by atoms with E-state index in [-0.39, 0.29) is 20.4 Å². The molecule has 1 unspecified atom stereocenters. The summed E-state index contributed by atoms with van der Waals surface area (Å²) in [6.45, 7) is 5.24. The monoisotopic (exact) mass is 523 g/mol. The standard InChI is InChI=1S/C19H23Cl2N3O6S2/c1-19(2,3)12-4-7-14(8-5-12)31(27,28)22-11-16(18(25)23-26)24-32(29,30)17-10-13(20)6-9-15(17)21/h4-10,16,22,24,26H,11H2,1-3H3,(H,23,25). The fourth-order valence-corrected chi connectivity index (χ4v) is 5.62. The molecule has 176 valence electrons. The van der Waals surface area contributed by atoms with E-state index >= 15 is 0 Å². The summed E-state index contributed by atoms with van der Waals surface area (Å²) in [6, 6.07) is 8.14. The number of nitrogens with one attached hydrogen (secondary N) is 3. The van der Waals surface area contributed by atoms with E-state index in [2.05, 4.69) is 4.72 Å². The van der Waals surface area contributed by atoms with Crippen LogP contribution < -0.4 is 14.9 Å². The van der Waals surface area contributed by atoms with Gasteiger partial charge in [0.2, 0.25) is 20.0 Å². The molecule has 9 nitrogen and oxygen atoms in total. The Morgan fingerprint density at radius 3 is 2.12 bits per heavy atom. The molecule has 0 saturated carbocycles. The molecule has 2 aromatic rings. The highest BCUT2D eigenvalue weighted by Crippen LogP contribution is 2.25. The van der Waals surface area contributed by atoms with Crippen LogP contribution >= 0.6 is 23.2 Å². The van der Waals surface area contributed by atoms with E-state index in [0.29, 0.717) is 0 Å². The van der Waals surface area contributed by atoms with Crippen LogP contribution in [0.2, 0.25) is 10.0 Å². The van der Waals surface area contributed by atoms with Gasteiger partial charge in [-0.3, -0.25) is 10.0 Å². The number of hydroxylamine groups is 1. The topological polar surface area (TPSA) is 142 Å². The molecule has 1 amide bonds. The van der Waals surface area contributed by atoms with Gasteiger partial charge in [-0.1, -0.05) is 56.1 Å². The van der Waals surface area contributed by atoms with E-state index in [1.807, 2.05) is 25.5 Å². The van der Waals surface area contributed by atoms with E-state index in [9.17, 15) is 21.6 Å². The van der Waals surface area contributed by atoms with Crippen molar-refractivity contribution >= 4 is 49.2 Å². The molecule has 0 aliphatic heterocycles.